The molecule has 10 nitrogen and oxygen atoms in total. The van der Waals surface area contributed by atoms with Crippen molar-refractivity contribution in [1.29, 1.82) is 0 Å². The normalized spacial score (nSPS) is 15.6. The lowest BCUT2D eigenvalue weighted by atomic mass is 10.1. The van der Waals surface area contributed by atoms with Crippen LogP contribution < -0.4 is 16.4 Å². The number of benzene rings is 2. The summed E-state index contributed by atoms with van der Waals surface area (Å²) in [6.07, 6.45) is -0.0694. The summed E-state index contributed by atoms with van der Waals surface area (Å²) in [5.41, 5.74) is 8.04. The number of aliphatic imine (C=N–C) groups is 1. The molecule has 4 rings (SSSR count). The van der Waals surface area contributed by atoms with Crippen molar-refractivity contribution in [3.8, 4) is 0 Å². The van der Waals surface area contributed by atoms with Crippen molar-refractivity contribution in [2.75, 3.05) is 5.32 Å². The van der Waals surface area contributed by atoms with Gasteiger partial charge in [-0.2, -0.15) is 13.2 Å². The molecule has 1 aliphatic rings. The number of fused-ring (bicyclic) bond motifs is 1. The number of alkyl halides is 3. The molecule has 1 fully saturated rings. The first kappa shape index (κ1) is 29.5. The number of thioether (sulfide) groups is 1. The first-order valence-electron chi connectivity index (χ1n) is 10.8. The van der Waals surface area contributed by atoms with Gasteiger partial charge in [0.1, 0.15) is 0 Å². The second-order valence-electron chi connectivity index (χ2n) is 8.43. The van der Waals surface area contributed by atoms with Crippen LogP contribution in [-0.4, -0.2) is 49.7 Å². The summed E-state index contributed by atoms with van der Waals surface area (Å²) >= 11 is 7.46. The lowest BCUT2D eigenvalue weighted by molar-refractivity contribution is -0.192. The van der Waals surface area contributed by atoms with Crippen molar-refractivity contribution in [3.63, 3.8) is 0 Å². The largest absolute Gasteiger partial charge is 0.490 e. The van der Waals surface area contributed by atoms with E-state index in [1.54, 1.807) is 50.5 Å². The maximum absolute atomic E-state index is 12.4. The summed E-state index contributed by atoms with van der Waals surface area (Å²) in [6, 6.07) is 10.5. The van der Waals surface area contributed by atoms with E-state index in [1.165, 1.54) is 11.8 Å². The second-order valence-corrected chi connectivity index (χ2v) is 9.87. The maximum Gasteiger partial charge on any atom is 0.490 e. The number of nitrogens with one attached hydrogen (secondary N) is 2. The van der Waals surface area contributed by atoms with Gasteiger partial charge in [-0.1, -0.05) is 17.7 Å². The molecular weight excluding hydrogens is 561 g/mol. The molecule has 0 saturated carbocycles. The average molecular weight is 581 g/mol. The molecule has 2 heterocycles. The standard InChI is InChI=1S/C22H19ClN6O2S.C2HF3O2/c1-22(2,24)20(31)27-13-4-5-14(23)16(11-13)28-21-29-19(30)18(32-21)10-12-3-6-15-17(9-12)26-8-7-25-15;3-2(4,5)1(6)7/h3-11H,24H2,1-2H3,(H,27,31)(H,28,29,30);(H,6,7)/b18-10-;. The highest BCUT2D eigenvalue weighted by Gasteiger charge is 2.38. The molecule has 3 aromatic rings. The predicted octanol–water partition coefficient (Wildman–Crippen LogP) is 4.48. The zero-order chi connectivity index (χ0) is 29.0. The van der Waals surface area contributed by atoms with Gasteiger partial charge in [-0.3, -0.25) is 19.6 Å². The Hall–Kier alpha value is -4.01. The summed E-state index contributed by atoms with van der Waals surface area (Å²) in [4.78, 5) is 46.9. The SMILES string of the molecule is CC(C)(N)C(=O)Nc1ccc(Cl)c(N=C2NC(=O)/C(=C/c3ccc4nccnc4c3)S2)c1.O=C(O)C(F)(F)F. The fraction of sp³-hybridized carbons (Fsp3) is 0.167. The molecule has 2 amide bonds. The van der Waals surface area contributed by atoms with Crippen LogP contribution in [0.2, 0.25) is 5.02 Å². The zero-order valence-electron chi connectivity index (χ0n) is 20.2. The van der Waals surface area contributed by atoms with Crippen LogP contribution in [0.5, 0.6) is 0 Å². The molecule has 0 radical (unpaired) electrons. The van der Waals surface area contributed by atoms with Gasteiger partial charge in [-0.15, -0.1) is 0 Å². The van der Waals surface area contributed by atoms with Crippen LogP contribution in [0.15, 0.2) is 58.7 Å². The van der Waals surface area contributed by atoms with Crippen LogP contribution in [0.4, 0.5) is 24.5 Å². The van der Waals surface area contributed by atoms with E-state index in [2.05, 4.69) is 25.6 Å². The molecule has 204 valence electrons. The third-order valence-electron chi connectivity index (χ3n) is 4.70. The Kier molecular flexibility index (Phi) is 8.94. The Balaban J connectivity index is 0.000000532. The van der Waals surface area contributed by atoms with Gasteiger partial charge in [0.05, 0.1) is 32.2 Å². The van der Waals surface area contributed by atoms with E-state index >= 15 is 0 Å². The van der Waals surface area contributed by atoms with Gasteiger partial charge in [0.15, 0.2) is 5.17 Å². The number of anilines is 1. The molecule has 0 atom stereocenters. The van der Waals surface area contributed by atoms with Crippen molar-refractivity contribution in [2.45, 2.75) is 25.6 Å². The van der Waals surface area contributed by atoms with Gasteiger partial charge in [0, 0.05) is 18.1 Å². The van der Waals surface area contributed by atoms with E-state index in [1.807, 2.05) is 18.2 Å². The number of amides is 2. The van der Waals surface area contributed by atoms with E-state index in [-0.39, 0.29) is 11.8 Å². The van der Waals surface area contributed by atoms with Crippen LogP contribution in [0, 0.1) is 0 Å². The number of amidine groups is 1. The van der Waals surface area contributed by atoms with Gasteiger partial charge in [0.25, 0.3) is 5.91 Å². The number of hydrogen-bond donors (Lipinski definition) is 4. The van der Waals surface area contributed by atoms with E-state index in [0.717, 1.165) is 16.6 Å². The minimum Gasteiger partial charge on any atom is -0.475 e. The molecule has 39 heavy (non-hydrogen) atoms. The second kappa shape index (κ2) is 11.8. The highest BCUT2D eigenvalue weighted by atomic mass is 35.5. The number of nitrogens with zero attached hydrogens (tertiary/aromatic N) is 3. The molecule has 0 bridgehead atoms. The number of aromatic nitrogens is 2. The summed E-state index contributed by atoms with van der Waals surface area (Å²) in [5.74, 6) is -3.36. The van der Waals surface area contributed by atoms with Crippen molar-refractivity contribution in [2.24, 2.45) is 10.7 Å². The number of halogens is 4. The molecule has 1 aromatic heterocycles. The van der Waals surface area contributed by atoms with Crippen LogP contribution >= 0.6 is 23.4 Å². The number of rotatable bonds is 4. The lowest BCUT2D eigenvalue weighted by Gasteiger charge is -2.18. The Morgan fingerprint density at radius 1 is 1.13 bits per heavy atom. The highest BCUT2D eigenvalue weighted by molar-refractivity contribution is 8.18. The lowest BCUT2D eigenvalue weighted by Crippen LogP contribution is -2.45. The van der Waals surface area contributed by atoms with Crippen LogP contribution in [0.3, 0.4) is 0 Å². The maximum atomic E-state index is 12.4. The molecule has 0 unspecified atom stereocenters. The van der Waals surface area contributed by atoms with E-state index < -0.39 is 17.7 Å². The van der Waals surface area contributed by atoms with E-state index in [9.17, 15) is 22.8 Å². The summed E-state index contributed by atoms with van der Waals surface area (Å²) < 4.78 is 31.7. The van der Waals surface area contributed by atoms with Crippen molar-refractivity contribution >= 4 is 74.8 Å². The minimum atomic E-state index is -5.08. The predicted molar refractivity (Wildman–Crippen MR) is 142 cm³/mol. The van der Waals surface area contributed by atoms with Gasteiger partial charge >= 0.3 is 12.1 Å². The van der Waals surface area contributed by atoms with E-state index in [4.69, 9.17) is 27.2 Å². The van der Waals surface area contributed by atoms with Gasteiger partial charge < -0.3 is 21.5 Å². The van der Waals surface area contributed by atoms with Crippen LogP contribution in [0.1, 0.15) is 19.4 Å². The van der Waals surface area contributed by atoms with Crippen LogP contribution in [-0.2, 0) is 14.4 Å². The number of carboxylic acids is 1. The fourth-order valence-corrected chi connectivity index (χ4v) is 3.77. The number of carbonyl (C=O) groups is 3. The van der Waals surface area contributed by atoms with Gasteiger partial charge in [-0.05, 0) is 67.6 Å². The molecule has 2 aromatic carbocycles. The van der Waals surface area contributed by atoms with Gasteiger partial charge in [0.2, 0.25) is 5.91 Å². The summed E-state index contributed by atoms with van der Waals surface area (Å²) in [7, 11) is 0. The Bertz CT molecular complexity index is 1510. The number of hydrogen-bond acceptors (Lipinski definition) is 8. The Morgan fingerprint density at radius 3 is 2.38 bits per heavy atom. The molecule has 15 heteroatoms. The molecular formula is C24H20ClF3N6O4S. The first-order valence-corrected chi connectivity index (χ1v) is 12.0. The molecule has 5 N–H and O–H groups in total. The Labute approximate surface area is 228 Å². The molecule has 0 spiro atoms. The van der Waals surface area contributed by atoms with Crippen molar-refractivity contribution < 1.29 is 32.7 Å². The topological polar surface area (TPSA) is 160 Å². The highest BCUT2D eigenvalue weighted by Crippen LogP contribution is 2.33. The molecule has 1 saturated heterocycles. The van der Waals surface area contributed by atoms with Crippen molar-refractivity contribution in [1.82, 2.24) is 15.3 Å². The van der Waals surface area contributed by atoms with Gasteiger partial charge in [-0.25, -0.2) is 9.79 Å². The third-order valence-corrected chi connectivity index (χ3v) is 5.93. The summed E-state index contributed by atoms with van der Waals surface area (Å²) in [6.45, 7) is 3.22. The monoisotopic (exact) mass is 580 g/mol. The quantitative estimate of drug-likeness (QED) is 0.329. The third kappa shape index (κ3) is 8.24. The number of nitrogens with two attached hydrogens (primary N) is 1. The zero-order valence-corrected chi connectivity index (χ0v) is 21.8. The number of aliphatic carboxylic acids is 1. The average Bonchev–Trinajstić information content (AvgIpc) is 3.18. The minimum absolute atomic E-state index is 0.265. The van der Waals surface area contributed by atoms with E-state index in [0.29, 0.717) is 26.5 Å². The van der Waals surface area contributed by atoms with Crippen LogP contribution in [0.25, 0.3) is 17.1 Å². The summed E-state index contributed by atoms with van der Waals surface area (Å²) in [5, 5.41) is 13.3. The number of carbonyl (C=O) groups excluding carboxylic acids is 2. The number of carboxylic acid groups (broad SMARTS) is 1. The molecule has 1 aliphatic heterocycles. The first-order chi connectivity index (χ1) is 18.1. The van der Waals surface area contributed by atoms with Crippen molar-refractivity contribution in [3.05, 3.63) is 64.3 Å². The smallest absolute Gasteiger partial charge is 0.475 e. The fourth-order valence-electron chi connectivity index (χ4n) is 2.78. The molecule has 0 aliphatic carbocycles. The Morgan fingerprint density at radius 2 is 1.77 bits per heavy atom.